The predicted octanol–water partition coefficient (Wildman–Crippen LogP) is 2.32. The van der Waals surface area contributed by atoms with E-state index in [1.165, 1.54) is 11.8 Å². The van der Waals surface area contributed by atoms with Gasteiger partial charge in [0.05, 0.1) is 23.4 Å². The lowest BCUT2D eigenvalue weighted by atomic mass is 10.1. The molecule has 1 heterocycles. The van der Waals surface area contributed by atoms with Gasteiger partial charge in [-0.2, -0.15) is 0 Å². The molecule has 0 saturated heterocycles. The van der Waals surface area contributed by atoms with Gasteiger partial charge in [0.15, 0.2) is 0 Å². The molecule has 0 bridgehead atoms. The molecule has 3 rings (SSSR count). The fourth-order valence-corrected chi connectivity index (χ4v) is 2.57. The fraction of sp³-hybridized carbons (Fsp3) is 0.167. The zero-order valence-corrected chi connectivity index (χ0v) is 13.1. The van der Waals surface area contributed by atoms with Gasteiger partial charge in [0.1, 0.15) is 12.4 Å². The Balaban J connectivity index is 1.65. The van der Waals surface area contributed by atoms with Gasteiger partial charge in [-0.25, -0.2) is 0 Å². The number of amides is 3. The van der Waals surface area contributed by atoms with Gasteiger partial charge in [-0.1, -0.05) is 24.3 Å². The lowest BCUT2D eigenvalue weighted by Crippen LogP contribution is -2.33. The van der Waals surface area contributed by atoms with Crippen LogP contribution in [0.25, 0.3) is 0 Å². The Labute approximate surface area is 139 Å². The largest absolute Gasteiger partial charge is 0.490 e. The second-order valence-electron chi connectivity index (χ2n) is 5.33. The number of rotatable bonds is 5. The molecule has 0 aliphatic carbocycles. The van der Waals surface area contributed by atoms with E-state index < -0.39 is 0 Å². The van der Waals surface area contributed by atoms with Crippen molar-refractivity contribution in [3.8, 4) is 5.75 Å². The van der Waals surface area contributed by atoms with E-state index in [-0.39, 0.29) is 30.9 Å². The molecule has 1 aliphatic heterocycles. The Bertz CT molecular complexity index is 781. The molecule has 0 saturated carbocycles. The number of carbonyl (C=O) groups is 3. The van der Waals surface area contributed by atoms with Crippen molar-refractivity contribution >= 4 is 23.4 Å². The Morgan fingerprint density at radius 2 is 1.58 bits per heavy atom. The Morgan fingerprint density at radius 3 is 2.21 bits per heavy atom. The number of hydrogen-bond donors (Lipinski definition) is 1. The van der Waals surface area contributed by atoms with Crippen LogP contribution >= 0.6 is 0 Å². The first-order chi connectivity index (χ1) is 11.6. The first-order valence-corrected chi connectivity index (χ1v) is 7.52. The van der Waals surface area contributed by atoms with Gasteiger partial charge in [0.2, 0.25) is 5.91 Å². The Kier molecular flexibility index (Phi) is 4.29. The lowest BCUT2D eigenvalue weighted by molar-refractivity contribution is -0.114. The van der Waals surface area contributed by atoms with Crippen LogP contribution in [0.15, 0.2) is 48.5 Å². The molecule has 6 heteroatoms. The average molecular weight is 324 g/mol. The molecule has 24 heavy (non-hydrogen) atoms. The lowest BCUT2D eigenvalue weighted by Gasteiger charge is -2.16. The predicted molar refractivity (Wildman–Crippen MR) is 88.0 cm³/mol. The summed E-state index contributed by atoms with van der Waals surface area (Å²) in [6, 6.07) is 13.7. The number of carbonyl (C=O) groups excluding carboxylic acids is 3. The van der Waals surface area contributed by atoms with Gasteiger partial charge in [-0.05, 0) is 24.3 Å². The molecule has 2 aromatic carbocycles. The van der Waals surface area contributed by atoms with E-state index in [0.717, 1.165) is 0 Å². The van der Waals surface area contributed by atoms with Gasteiger partial charge in [0.25, 0.3) is 11.8 Å². The second-order valence-corrected chi connectivity index (χ2v) is 5.33. The van der Waals surface area contributed by atoms with Crippen LogP contribution in [0.3, 0.4) is 0 Å². The summed E-state index contributed by atoms with van der Waals surface area (Å²) >= 11 is 0. The molecule has 1 N–H and O–H groups in total. The number of ether oxygens (including phenoxy) is 1. The van der Waals surface area contributed by atoms with Crippen LogP contribution in [-0.2, 0) is 4.79 Å². The first-order valence-electron chi connectivity index (χ1n) is 7.52. The minimum absolute atomic E-state index is 0.140. The summed E-state index contributed by atoms with van der Waals surface area (Å²) in [7, 11) is 0. The summed E-state index contributed by atoms with van der Waals surface area (Å²) in [4.78, 5) is 36.9. The van der Waals surface area contributed by atoms with Crippen molar-refractivity contribution in [3.63, 3.8) is 0 Å². The van der Waals surface area contributed by atoms with Crippen LogP contribution in [-0.4, -0.2) is 35.8 Å². The molecular weight excluding hydrogens is 308 g/mol. The topological polar surface area (TPSA) is 75.7 Å². The van der Waals surface area contributed by atoms with Crippen LogP contribution in [0.4, 0.5) is 5.69 Å². The van der Waals surface area contributed by atoms with Crippen molar-refractivity contribution in [2.75, 3.05) is 18.5 Å². The number of nitrogens with zero attached hydrogens (tertiary/aromatic N) is 1. The number of nitrogens with one attached hydrogen (secondary N) is 1. The molecule has 0 fully saturated rings. The molecule has 3 amide bonds. The van der Waals surface area contributed by atoms with E-state index in [9.17, 15) is 14.4 Å². The monoisotopic (exact) mass is 324 g/mol. The number of hydrogen-bond acceptors (Lipinski definition) is 4. The van der Waals surface area contributed by atoms with Crippen LogP contribution in [0, 0.1) is 0 Å². The molecule has 0 unspecified atom stereocenters. The minimum atomic E-state index is -0.311. The number of para-hydroxylation sites is 2. The quantitative estimate of drug-likeness (QED) is 0.857. The zero-order valence-electron chi connectivity index (χ0n) is 13.1. The highest BCUT2D eigenvalue weighted by molar-refractivity contribution is 6.21. The van der Waals surface area contributed by atoms with Crippen molar-refractivity contribution < 1.29 is 19.1 Å². The van der Waals surface area contributed by atoms with Crippen LogP contribution in [0.2, 0.25) is 0 Å². The third kappa shape index (κ3) is 2.99. The maximum atomic E-state index is 12.3. The average Bonchev–Trinajstić information content (AvgIpc) is 2.81. The van der Waals surface area contributed by atoms with Crippen molar-refractivity contribution in [1.29, 1.82) is 0 Å². The molecule has 0 aromatic heterocycles. The Hall–Kier alpha value is -3.15. The Morgan fingerprint density at radius 1 is 1.00 bits per heavy atom. The summed E-state index contributed by atoms with van der Waals surface area (Å²) in [6.45, 7) is 1.69. The summed E-state index contributed by atoms with van der Waals surface area (Å²) in [5.41, 5.74) is 1.38. The van der Waals surface area contributed by atoms with E-state index >= 15 is 0 Å². The highest BCUT2D eigenvalue weighted by atomic mass is 16.5. The van der Waals surface area contributed by atoms with E-state index in [4.69, 9.17) is 4.74 Å². The van der Waals surface area contributed by atoms with Crippen LogP contribution in [0.5, 0.6) is 5.75 Å². The van der Waals surface area contributed by atoms with E-state index in [1.54, 1.807) is 48.5 Å². The number of benzene rings is 2. The molecule has 0 spiro atoms. The molecule has 6 nitrogen and oxygen atoms in total. The molecular formula is C18H16N2O4. The van der Waals surface area contributed by atoms with Gasteiger partial charge >= 0.3 is 0 Å². The van der Waals surface area contributed by atoms with E-state index in [1.807, 2.05) is 0 Å². The van der Waals surface area contributed by atoms with Crippen LogP contribution < -0.4 is 10.1 Å². The SMILES string of the molecule is CC(=O)Nc1ccccc1OCCN1C(=O)c2ccccc2C1=O. The standard InChI is InChI=1S/C18H16N2O4/c1-12(21)19-15-8-4-5-9-16(15)24-11-10-20-17(22)13-6-2-3-7-14(13)18(20)23/h2-9H,10-11H2,1H3,(H,19,21). The smallest absolute Gasteiger partial charge is 0.261 e. The zero-order chi connectivity index (χ0) is 17.1. The maximum absolute atomic E-state index is 12.3. The summed E-state index contributed by atoms with van der Waals surface area (Å²) in [6.07, 6.45) is 0. The highest BCUT2D eigenvalue weighted by Gasteiger charge is 2.34. The first kappa shape index (κ1) is 15.7. The maximum Gasteiger partial charge on any atom is 0.261 e. The van der Waals surface area contributed by atoms with Crippen molar-refractivity contribution in [2.45, 2.75) is 6.92 Å². The van der Waals surface area contributed by atoms with Gasteiger partial charge in [0, 0.05) is 6.92 Å². The van der Waals surface area contributed by atoms with Crippen molar-refractivity contribution in [3.05, 3.63) is 59.7 Å². The summed E-state index contributed by atoms with van der Waals surface area (Å²) in [5.74, 6) is -0.334. The molecule has 0 atom stereocenters. The third-order valence-electron chi connectivity index (χ3n) is 3.65. The molecule has 122 valence electrons. The summed E-state index contributed by atoms with van der Waals surface area (Å²) in [5, 5.41) is 2.67. The summed E-state index contributed by atoms with van der Waals surface area (Å²) < 4.78 is 5.63. The number of imide groups is 1. The van der Waals surface area contributed by atoms with Gasteiger partial charge < -0.3 is 10.1 Å². The normalized spacial score (nSPS) is 13.0. The van der Waals surface area contributed by atoms with E-state index in [2.05, 4.69) is 5.32 Å². The molecule has 1 aliphatic rings. The number of fused-ring (bicyclic) bond motifs is 1. The van der Waals surface area contributed by atoms with Gasteiger partial charge in [-0.3, -0.25) is 19.3 Å². The highest BCUT2D eigenvalue weighted by Crippen LogP contribution is 2.25. The minimum Gasteiger partial charge on any atom is -0.490 e. The van der Waals surface area contributed by atoms with Gasteiger partial charge in [-0.15, -0.1) is 0 Å². The van der Waals surface area contributed by atoms with Crippen LogP contribution in [0.1, 0.15) is 27.6 Å². The fourth-order valence-electron chi connectivity index (χ4n) is 2.57. The third-order valence-corrected chi connectivity index (χ3v) is 3.65. The van der Waals surface area contributed by atoms with E-state index in [0.29, 0.717) is 22.6 Å². The number of anilines is 1. The van der Waals surface area contributed by atoms with Crippen molar-refractivity contribution in [2.24, 2.45) is 0 Å². The second kappa shape index (κ2) is 6.54. The van der Waals surface area contributed by atoms with Crippen molar-refractivity contribution in [1.82, 2.24) is 4.90 Å². The molecule has 2 aromatic rings. The molecule has 0 radical (unpaired) electrons.